The molecule has 0 aliphatic carbocycles. The summed E-state index contributed by atoms with van der Waals surface area (Å²) in [5, 5.41) is 18.0. The maximum Gasteiger partial charge on any atom is 0.407 e. The van der Waals surface area contributed by atoms with Crippen molar-refractivity contribution in [3.8, 4) is 11.8 Å². The number of hydrogen-bond acceptors (Lipinski definition) is 3. The summed E-state index contributed by atoms with van der Waals surface area (Å²) >= 11 is 2.85. The van der Waals surface area contributed by atoms with Crippen LogP contribution in [-0.4, -0.2) is 11.3 Å². The molecule has 1 aromatic carbocycles. The zero-order valence-electron chi connectivity index (χ0n) is 7.72. The number of rotatable bonds is 1. The molecule has 0 heterocycles. The van der Waals surface area contributed by atoms with E-state index in [1.165, 1.54) is 6.07 Å². The number of hydrogen-bond donors (Lipinski definition) is 2. The Morgan fingerprint density at radius 1 is 1.44 bits per heavy atom. The Morgan fingerprint density at radius 2 is 2.00 bits per heavy atom. The SMILES string of the molecule is N#Cc1cc(Br)c(O)c([C@H](N)C(F)(F)F)c1. The van der Waals surface area contributed by atoms with Crippen LogP contribution in [0.1, 0.15) is 17.2 Å². The fourth-order valence-electron chi connectivity index (χ4n) is 1.10. The number of nitrogens with two attached hydrogens (primary N) is 1. The zero-order chi connectivity index (χ0) is 12.5. The van der Waals surface area contributed by atoms with Crippen LogP contribution in [0.2, 0.25) is 0 Å². The van der Waals surface area contributed by atoms with Crippen LogP contribution in [0.15, 0.2) is 16.6 Å². The molecule has 86 valence electrons. The van der Waals surface area contributed by atoms with Crippen molar-refractivity contribution in [2.75, 3.05) is 0 Å². The van der Waals surface area contributed by atoms with Crippen LogP contribution in [0.5, 0.6) is 5.75 Å². The number of phenols is 1. The Balaban J connectivity index is 3.34. The van der Waals surface area contributed by atoms with E-state index in [1.54, 1.807) is 6.07 Å². The topological polar surface area (TPSA) is 70.0 Å². The largest absolute Gasteiger partial charge is 0.506 e. The second kappa shape index (κ2) is 4.31. The smallest absolute Gasteiger partial charge is 0.407 e. The third-order valence-electron chi connectivity index (χ3n) is 1.91. The van der Waals surface area contributed by atoms with Crippen molar-refractivity contribution in [2.24, 2.45) is 5.73 Å². The molecule has 0 spiro atoms. The molecule has 1 rings (SSSR count). The molecular formula is C9H6BrF3N2O. The first-order valence-corrected chi connectivity index (χ1v) is 4.81. The minimum Gasteiger partial charge on any atom is -0.506 e. The summed E-state index contributed by atoms with van der Waals surface area (Å²) in [6.45, 7) is 0. The standard InChI is InChI=1S/C9H6BrF3N2O/c10-6-2-4(3-14)1-5(7(6)16)8(15)9(11,12)13/h1-2,8,16H,15H2/t8-/m0/s1. The fourth-order valence-corrected chi connectivity index (χ4v) is 1.57. The summed E-state index contributed by atoms with van der Waals surface area (Å²) in [5.74, 6) is -0.608. The number of benzene rings is 1. The molecule has 16 heavy (non-hydrogen) atoms. The van der Waals surface area contributed by atoms with Gasteiger partial charge in [0.1, 0.15) is 11.8 Å². The highest BCUT2D eigenvalue weighted by Crippen LogP contribution is 2.39. The van der Waals surface area contributed by atoms with Gasteiger partial charge in [0.15, 0.2) is 0 Å². The molecule has 0 aliphatic heterocycles. The molecule has 0 saturated heterocycles. The van der Waals surface area contributed by atoms with Crippen molar-refractivity contribution >= 4 is 15.9 Å². The Labute approximate surface area is 97.4 Å². The van der Waals surface area contributed by atoms with Gasteiger partial charge in [-0.1, -0.05) is 0 Å². The molecule has 7 heteroatoms. The lowest BCUT2D eigenvalue weighted by Gasteiger charge is -2.17. The molecule has 0 aliphatic rings. The number of nitriles is 1. The molecule has 3 N–H and O–H groups in total. The van der Waals surface area contributed by atoms with Crippen molar-refractivity contribution in [1.82, 2.24) is 0 Å². The van der Waals surface area contributed by atoms with Gasteiger partial charge in [-0.15, -0.1) is 0 Å². The predicted molar refractivity (Wildman–Crippen MR) is 53.5 cm³/mol. The normalized spacial score (nSPS) is 13.2. The van der Waals surface area contributed by atoms with Gasteiger partial charge in [-0.25, -0.2) is 0 Å². The van der Waals surface area contributed by atoms with Crippen LogP contribution in [0.3, 0.4) is 0 Å². The van der Waals surface area contributed by atoms with Gasteiger partial charge in [0.05, 0.1) is 16.1 Å². The lowest BCUT2D eigenvalue weighted by molar-refractivity contribution is -0.149. The average molecular weight is 295 g/mol. The van der Waals surface area contributed by atoms with Gasteiger partial charge in [-0.3, -0.25) is 0 Å². The van der Waals surface area contributed by atoms with Gasteiger partial charge in [0, 0.05) is 5.56 Å². The van der Waals surface area contributed by atoms with Crippen LogP contribution in [0.4, 0.5) is 13.2 Å². The highest BCUT2D eigenvalue weighted by molar-refractivity contribution is 9.10. The lowest BCUT2D eigenvalue weighted by Crippen LogP contribution is -2.28. The number of alkyl halides is 3. The van der Waals surface area contributed by atoms with Gasteiger partial charge >= 0.3 is 6.18 Å². The summed E-state index contributed by atoms with van der Waals surface area (Å²) in [7, 11) is 0. The van der Waals surface area contributed by atoms with E-state index in [0.29, 0.717) is 0 Å². The van der Waals surface area contributed by atoms with Gasteiger partial charge in [0.2, 0.25) is 0 Å². The molecule has 3 nitrogen and oxygen atoms in total. The summed E-state index contributed by atoms with van der Waals surface area (Å²) < 4.78 is 37.0. The van der Waals surface area contributed by atoms with Crippen LogP contribution in [0, 0.1) is 11.3 Å². The monoisotopic (exact) mass is 294 g/mol. The third kappa shape index (κ3) is 2.46. The molecule has 0 radical (unpaired) electrons. The number of phenolic OH excluding ortho intramolecular Hbond substituents is 1. The van der Waals surface area contributed by atoms with E-state index in [0.717, 1.165) is 6.07 Å². The van der Waals surface area contributed by atoms with Crippen LogP contribution < -0.4 is 5.73 Å². The molecule has 1 atom stereocenters. The van der Waals surface area contributed by atoms with E-state index < -0.39 is 23.5 Å². The van der Waals surface area contributed by atoms with Crippen molar-refractivity contribution in [2.45, 2.75) is 12.2 Å². The first kappa shape index (κ1) is 12.8. The average Bonchev–Trinajstić information content (AvgIpc) is 2.19. The van der Waals surface area contributed by atoms with E-state index in [-0.39, 0.29) is 10.0 Å². The molecular weight excluding hydrogens is 289 g/mol. The second-order valence-corrected chi connectivity index (χ2v) is 3.88. The van der Waals surface area contributed by atoms with E-state index >= 15 is 0 Å². The molecule has 0 fully saturated rings. The molecule has 0 saturated carbocycles. The predicted octanol–water partition coefficient (Wildman–Crippen LogP) is 2.59. The highest BCUT2D eigenvalue weighted by Gasteiger charge is 2.39. The van der Waals surface area contributed by atoms with Gasteiger partial charge in [0.25, 0.3) is 0 Å². The highest BCUT2D eigenvalue weighted by atomic mass is 79.9. The lowest BCUT2D eigenvalue weighted by atomic mass is 10.0. The fraction of sp³-hybridized carbons (Fsp3) is 0.222. The zero-order valence-corrected chi connectivity index (χ0v) is 9.30. The van der Waals surface area contributed by atoms with E-state index in [1.807, 2.05) is 0 Å². The Hall–Kier alpha value is -1.26. The van der Waals surface area contributed by atoms with Crippen LogP contribution in [0.25, 0.3) is 0 Å². The van der Waals surface area contributed by atoms with E-state index in [2.05, 4.69) is 15.9 Å². The van der Waals surface area contributed by atoms with Crippen molar-refractivity contribution in [3.63, 3.8) is 0 Å². The number of halogens is 4. The van der Waals surface area contributed by atoms with E-state index in [4.69, 9.17) is 11.0 Å². The van der Waals surface area contributed by atoms with Gasteiger partial charge in [-0.05, 0) is 28.1 Å². The van der Waals surface area contributed by atoms with Crippen molar-refractivity contribution in [1.29, 1.82) is 5.26 Å². The molecule has 0 amide bonds. The summed E-state index contributed by atoms with van der Waals surface area (Å²) in [5.41, 5.74) is 4.41. The molecule has 0 unspecified atom stereocenters. The summed E-state index contributed by atoms with van der Waals surface area (Å²) in [6, 6.07) is 1.48. The Bertz CT molecular complexity index is 453. The molecule has 0 aromatic heterocycles. The van der Waals surface area contributed by atoms with Crippen molar-refractivity contribution in [3.05, 3.63) is 27.7 Å². The van der Waals surface area contributed by atoms with Gasteiger partial charge < -0.3 is 10.8 Å². The Morgan fingerprint density at radius 3 is 2.44 bits per heavy atom. The molecule has 1 aromatic rings. The number of nitrogens with zero attached hydrogens (tertiary/aromatic N) is 1. The van der Waals surface area contributed by atoms with Gasteiger partial charge in [-0.2, -0.15) is 18.4 Å². The first-order chi connectivity index (χ1) is 7.27. The second-order valence-electron chi connectivity index (χ2n) is 3.03. The third-order valence-corrected chi connectivity index (χ3v) is 2.51. The minimum atomic E-state index is -4.68. The Kier molecular flexibility index (Phi) is 3.45. The van der Waals surface area contributed by atoms with E-state index in [9.17, 15) is 18.3 Å². The van der Waals surface area contributed by atoms with Crippen LogP contribution in [-0.2, 0) is 0 Å². The van der Waals surface area contributed by atoms with Crippen molar-refractivity contribution < 1.29 is 18.3 Å². The summed E-state index contributed by atoms with van der Waals surface area (Å²) in [6.07, 6.45) is -4.68. The number of aromatic hydroxyl groups is 1. The summed E-state index contributed by atoms with van der Waals surface area (Å²) in [4.78, 5) is 0. The quantitative estimate of drug-likeness (QED) is 0.836. The maximum absolute atomic E-state index is 12.3. The first-order valence-electron chi connectivity index (χ1n) is 4.02. The van der Waals surface area contributed by atoms with Crippen LogP contribution >= 0.6 is 15.9 Å². The molecule has 0 bridgehead atoms. The minimum absolute atomic E-state index is 0.00116. The maximum atomic E-state index is 12.3.